The molecule has 1 aromatic carbocycles. The molecule has 2 aliphatic rings. The van der Waals surface area contributed by atoms with Gasteiger partial charge in [-0.15, -0.1) is 0 Å². The molecule has 1 aliphatic carbocycles. The van der Waals surface area contributed by atoms with Gasteiger partial charge in [0.15, 0.2) is 0 Å². The molecule has 0 spiro atoms. The van der Waals surface area contributed by atoms with Gasteiger partial charge in [-0.05, 0) is 43.9 Å². The van der Waals surface area contributed by atoms with Crippen molar-refractivity contribution in [1.29, 1.82) is 0 Å². The van der Waals surface area contributed by atoms with E-state index in [0.717, 1.165) is 56.0 Å². The number of benzene rings is 1. The number of fused-ring (bicyclic) bond motifs is 2. The summed E-state index contributed by atoms with van der Waals surface area (Å²) >= 11 is 0. The molecule has 3 heterocycles. The molecule has 3 aromatic rings. The number of hydrogen-bond donors (Lipinski definition) is 0. The standard InChI is InChI=1S/C21H24N6O/c1-25-14-24-19-12-15(6-7-17(19)21(25)28)26-8-10-27(11-9-26)20-16-4-2-3-5-18(16)22-13-23-20/h6-7,12-14H,2-5,8-11H2,1H3. The maximum Gasteiger partial charge on any atom is 0.260 e. The van der Waals surface area contributed by atoms with E-state index < -0.39 is 0 Å². The zero-order valence-corrected chi connectivity index (χ0v) is 16.1. The summed E-state index contributed by atoms with van der Waals surface area (Å²) in [5, 5.41) is 0.667. The van der Waals surface area contributed by atoms with Crippen LogP contribution in [0.5, 0.6) is 0 Å². The Morgan fingerprint density at radius 1 is 0.929 bits per heavy atom. The molecule has 2 aromatic heterocycles. The molecule has 0 radical (unpaired) electrons. The normalized spacial score (nSPS) is 17.0. The van der Waals surface area contributed by atoms with Crippen LogP contribution in [-0.4, -0.2) is 45.7 Å². The van der Waals surface area contributed by atoms with E-state index in [4.69, 9.17) is 0 Å². The highest BCUT2D eigenvalue weighted by Gasteiger charge is 2.23. The van der Waals surface area contributed by atoms with Gasteiger partial charge in [-0.25, -0.2) is 15.0 Å². The van der Waals surface area contributed by atoms with Crippen LogP contribution >= 0.6 is 0 Å². The predicted molar refractivity (Wildman–Crippen MR) is 110 cm³/mol. The highest BCUT2D eigenvalue weighted by atomic mass is 16.1. The Labute approximate surface area is 163 Å². The number of aryl methyl sites for hydroxylation is 2. The van der Waals surface area contributed by atoms with Crippen LogP contribution in [-0.2, 0) is 19.9 Å². The van der Waals surface area contributed by atoms with E-state index in [1.807, 2.05) is 18.2 Å². The molecule has 7 heteroatoms. The quantitative estimate of drug-likeness (QED) is 0.681. The van der Waals surface area contributed by atoms with E-state index in [1.54, 1.807) is 19.7 Å². The molecule has 0 unspecified atom stereocenters. The van der Waals surface area contributed by atoms with E-state index in [-0.39, 0.29) is 5.56 Å². The van der Waals surface area contributed by atoms with Crippen LogP contribution in [0.4, 0.5) is 11.5 Å². The molecule has 1 saturated heterocycles. The first-order chi connectivity index (χ1) is 13.7. The second-order valence-corrected chi connectivity index (χ2v) is 7.67. The SMILES string of the molecule is Cn1cnc2cc(N3CCN(c4ncnc5c4CCCC5)CC3)ccc2c1=O. The zero-order chi connectivity index (χ0) is 19.1. The van der Waals surface area contributed by atoms with Crippen molar-refractivity contribution < 1.29 is 0 Å². The van der Waals surface area contributed by atoms with E-state index in [1.165, 1.54) is 28.7 Å². The molecule has 28 heavy (non-hydrogen) atoms. The van der Waals surface area contributed by atoms with Crippen molar-refractivity contribution in [2.24, 2.45) is 7.05 Å². The number of aromatic nitrogens is 4. The molecular weight excluding hydrogens is 352 g/mol. The lowest BCUT2D eigenvalue weighted by Gasteiger charge is -2.38. The Balaban J connectivity index is 1.36. The van der Waals surface area contributed by atoms with Gasteiger partial charge in [0, 0.05) is 50.2 Å². The number of anilines is 2. The average Bonchev–Trinajstić information content (AvgIpc) is 2.76. The van der Waals surface area contributed by atoms with E-state index in [2.05, 4.69) is 24.8 Å². The Bertz CT molecular complexity index is 1080. The van der Waals surface area contributed by atoms with E-state index >= 15 is 0 Å². The third kappa shape index (κ3) is 2.91. The first kappa shape index (κ1) is 17.2. The van der Waals surface area contributed by atoms with Crippen LogP contribution in [0.2, 0.25) is 0 Å². The highest BCUT2D eigenvalue weighted by molar-refractivity contribution is 5.81. The average molecular weight is 376 g/mol. The van der Waals surface area contributed by atoms with Gasteiger partial charge in [-0.2, -0.15) is 0 Å². The van der Waals surface area contributed by atoms with Crippen molar-refractivity contribution >= 4 is 22.4 Å². The molecule has 0 atom stereocenters. The molecule has 5 rings (SSSR count). The van der Waals surface area contributed by atoms with Crippen molar-refractivity contribution in [3.63, 3.8) is 0 Å². The van der Waals surface area contributed by atoms with Crippen molar-refractivity contribution in [2.75, 3.05) is 36.0 Å². The lowest BCUT2D eigenvalue weighted by molar-refractivity contribution is 0.623. The van der Waals surface area contributed by atoms with Crippen LogP contribution in [0.25, 0.3) is 10.9 Å². The van der Waals surface area contributed by atoms with Crippen molar-refractivity contribution in [3.05, 3.63) is 52.5 Å². The zero-order valence-electron chi connectivity index (χ0n) is 16.1. The molecule has 0 saturated carbocycles. The lowest BCUT2D eigenvalue weighted by atomic mass is 9.96. The number of piperazine rings is 1. The number of nitrogens with zero attached hydrogens (tertiary/aromatic N) is 6. The summed E-state index contributed by atoms with van der Waals surface area (Å²) < 4.78 is 1.52. The summed E-state index contributed by atoms with van der Waals surface area (Å²) in [6, 6.07) is 5.96. The van der Waals surface area contributed by atoms with Crippen LogP contribution in [0.3, 0.4) is 0 Å². The minimum absolute atomic E-state index is 0.00472. The minimum atomic E-state index is -0.00472. The Morgan fingerprint density at radius 3 is 2.57 bits per heavy atom. The number of hydrogen-bond acceptors (Lipinski definition) is 6. The summed E-state index contributed by atoms with van der Waals surface area (Å²) in [6.07, 6.45) is 7.95. The summed E-state index contributed by atoms with van der Waals surface area (Å²) in [4.78, 5) is 30.5. The van der Waals surface area contributed by atoms with Gasteiger partial charge in [0.25, 0.3) is 5.56 Å². The first-order valence-corrected chi connectivity index (χ1v) is 9.99. The lowest BCUT2D eigenvalue weighted by Crippen LogP contribution is -2.47. The fraction of sp³-hybridized carbons (Fsp3) is 0.429. The first-order valence-electron chi connectivity index (χ1n) is 9.99. The van der Waals surface area contributed by atoms with Crippen LogP contribution < -0.4 is 15.4 Å². The van der Waals surface area contributed by atoms with Gasteiger partial charge in [-0.3, -0.25) is 4.79 Å². The minimum Gasteiger partial charge on any atom is -0.368 e. The van der Waals surface area contributed by atoms with Gasteiger partial charge < -0.3 is 14.4 Å². The van der Waals surface area contributed by atoms with Gasteiger partial charge in [0.1, 0.15) is 12.1 Å². The second kappa shape index (κ2) is 6.89. The van der Waals surface area contributed by atoms with E-state index in [0.29, 0.717) is 5.39 Å². The molecule has 0 N–H and O–H groups in total. The van der Waals surface area contributed by atoms with Crippen molar-refractivity contribution in [3.8, 4) is 0 Å². The fourth-order valence-corrected chi connectivity index (χ4v) is 4.35. The third-order valence-electron chi connectivity index (χ3n) is 5.95. The van der Waals surface area contributed by atoms with Crippen LogP contribution in [0.1, 0.15) is 24.1 Å². The van der Waals surface area contributed by atoms with Gasteiger partial charge in [-0.1, -0.05) is 0 Å². The molecule has 0 bridgehead atoms. The second-order valence-electron chi connectivity index (χ2n) is 7.67. The molecule has 144 valence electrons. The maximum absolute atomic E-state index is 12.2. The topological polar surface area (TPSA) is 67.2 Å². The summed E-state index contributed by atoms with van der Waals surface area (Å²) in [7, 11) is 1.73. The van der Waals surface area contributed by atoms with Gasteiger partial charge in [0.2, 0.25) is 0 Å². The van der Waals surface area contributed by atoms with Crippen molar-refractivity contribution in [2.45, 2.75) is 25.7 Å². The highest BCUT2D eigenvalue weighted by Crippen LogP contribution is 2.28. The third-order valence-corrected chi connectivity index (χ3v) is 5.95. The fourth-order valence-electron chi connectivity index (χ4n) is 4.35. The molecule has 1 aliphatic heterocycles. The molecule has 0 amide bonds. The Kier molecular flexibility index (Phi) is 4.22. The van der Waals surface area contributed by atoms with E-state index in [9.17, 15) is 4.79 Å². The van der Waals surface area contributed by atoms with Crippen LogP contribution in [0, 0.1) is 0 Å². The Morgan fingerprint density at radius 2 is 1.71 bits per heavy atom. The molecule has 1 fully saturated rings. The predicted octanol–water partition coefficient (Wildman–Crippen LogP) is 1.93. The summed E-state index contributed by atoms with van der Waals surface area (Å²) in [5.74, 6) is 1.13. The Hall–Kier alpha value is -2.96. The van der Waals surface area contributed by atoms with Gasteiger partial charge in [0.05, 0.1) is 17.2 Å². The summed E-state index contributed by atoms with van der Waals surface area (Å²) in [6.45, 7) is 3.72. The summed E-state index contributed by atoms with van der Waals surface area (Å²) in [5.41, 5.74) is 4.47. The molecular formula is C21H24N6O. The maximum atomic E-state index is 12.2. The van der Waals surface area contributed by atoms with Crippen molar-refractivity contribution in [1.82, 2.24) is 19.5 Å². The largest absolute Gasteiger partial charge is 0.368 e. The van der Waals surface area contributed by atoms with Gasteiger partial charge >= 0.3 is 0 Å². The smallest absolute Gasteiger partial charge is 0.260 e. The number of rotatable bonds is 2. The van der Waals surface area contributed by atoms with Crippen LogP contribution in [0.15, 0.2) is 35.6 Å². The molecule has 7 nitrogen and oxygen atoms in total. The monoisotopic (exact) mass is 376 g/mol.